The number of nitro benzene ring substituents is 1. The number of hydrogen-bond donors (Lipinski definition) is 2. The van der Waals surface area contributed by atoms with Crippen LogP contribution in [0.15, 0.2) is 65.0 Å². The molecule has 0 amide bonds. The van der Waals surface area contributed by atoms with Crippen LogP contribution in [0.25, 0.3) is 0 Å². The molecule has 0 unspecified atom stereocenters. The van der Waals surface area contributed by atoms with Crippen LogP contribution < -0.4 is 5.32 Å². The maximum absolute atomic E-state index is 12.8. The van der Waals surface area contributed by atoms with E-state index in [2.05, 4.69) is 15.4 Å². The van der Waals surface area contributed by atoms with Crippen LogP contribution in [0.2, 0.25) is 0 Å². The number of allylic oxidation sites excluding steroid dienone is 1. The zero-order valence-electron chi connectivity index (χ0n) is 18.8. The quantitative estimate of drug-likeness (QED) is 0.203. The molecular formula is C23H21N5O6S. The van der Waals surface area contributed by atoms with E-state index in [0.717, 1.165) is 5.56 Å². The molecule has 1 aliphatic heterocycles. The van der Waals surface area contributed by atoms with Gasteiger partial charge in [-0.05, 0) is 49.2 Å². The Morgan fingerprint density at radius 1 is 1.20 bits per heavy atom. The molecule has 11 nitrogen and oxygen atoms in total. The van der Waals surface area contributed by atoms with E-state index in [-0.39, 0.29) is 17.9 Å². The third kappa shape index (κ3) is 5.01. The Morgan fingerprint density at radius 2 is 1.89 bits per heavy atom. The summed E-state index contributed by atoms with van der Waals surface area (Å²) in [4.78, 5) is 39.0. The molecular weight excluding hydrogens is 474 g/mol. The minimum Gasteiger partial charge on any atom is -0.478 e. The Bertz CT molecular complexity index is 1320. The lowest BCUT2D eigenvalue weighted by atomic mass is 9.95. The first kappa shape index (κ1) is 24.0. The lowest BCUT2D eigenvalue weighted by Crippen LogP contribution is -2.29. The van der Waals surface area contributed by atoms with Gasteiger partial charge in [0.25, 0.3) is 5.69 Å². The summed E-state index contributed by atoms with van der Waals surface area (Å²) < 4.78 is 6.83. The number of fused-ring (bicyclic) bond motifs is 1. The molecule has 0 saturated carbocycles. The van der Waals surface area contributed by atoms with Crippen LogP contribution in [0.1, 0.15) is 41.4 Å². The number of esters is 1. The molecule has 1 aromatic heterocycles. The van der Waals surface area contributed by atoms with Gasteiger partial charge in [-0.2, -0.15) is 4.98 Å². The van der Waals surface area contributed by atoms with Crippen molar-refractivity contribution in [3.8, 4) is 0 Å². The van der Waals surface area contributed by atoms with Crippen molar-refractivity contribution in [2.24, 2.45) is 0 Å². The lowest BCUT2D eigenvalue weighted by molar-refractivity contribution is -0.384. The molecule has 2 aromatic carbocycles. The van der Waals surface area contributed by atoms with Crippen LogP contribution in [0.5, 0.6) is 0 Å². The monoisotopic (exact) mass is 495 g/mol. The predicted octanol–water partition coefficient (Wildman–Crippen LogP) is 4.03. The number of aromatic nitrogens is 3. The number of carbonyl (C=O) groups is 2. The highest BCUT2D eigenvalue weighted by atomic mass is 32.2. The first-order valence-corrected chi connectivity index (χ1v) is 11.6. The number of carboxylic acids is 1. The highest BCUT2D eigenvalue weighted by molar-refractivity contribution is 7.98. The van der Waals surface area contributed by atoms with Gasteiger partial charge in [-0.15, -0.1) is 5.10 Å². The lowest BCUT2D eigenvalue weighted by Gasteiger charge is -2.28. The average molecular weight is 496 g/mol. The third-order valence-corrected chi connectivity index (χ3v) is 6.23. The summed E-state index contributed by atoms with van der Waals surface area (Å²) in [6.45, 7) is 3.64. The first-order chi connectivity index (χ1) is 16.8. The van der Waals surface area contributed by atoms with E-state index < -0.39 is 22.9 Å². The van der Waals surface area contributed by atoms with Gasteiger partial charge in [-0.3, -0.25) is 10.1 Å². The van der Waals surface area contributed by atoms with E-state index in [0.29, 0.717) is 33.7 Å². The topological polar surface area (TPSA) is 149 Å². The summed E-state index contributed by atoms with van der Waals surface area (Å²) in [7, 11) is 0. The molecule has 1 aliphatic rings. The maximum atomic E-state index is 12.8. The van der Waals surface area contributed by atoms with Gasteiger partial charge in [0.1, 0.15) is 6.04 Å². The largest absolute Gasteiger partial charge is 0.478 e. The minimum atomic E-state index is -0.990. The highest BCUT2D eigenvalue weighted by Crippen LogP contribution is 2.37. The second-order valence-corrected chi connectivity index (χ2v) is 8.53. The van der Waals surface area contributed by atoms with Crippen molar-refractivity contribution in [1.29, 1.82) is 0 Å². The number of benzene rings is 2. The summed E-state index contributed by atoms with van der Waals surface area (Å²) >= 11 is 1.35. The number of non-ortho nitro benzene ring substituents is 1. The summed E-state index contributed by atoms with van der Waals surface area (Å²) in [6.07, 6.45) is 0. The molecule has 2 N–H and O–H groups in total. The van der Waals surface area contributed by atoms with Gasteiger partial charge in [-0.25, -0.2) is 14.3 Å². The Balaban J connectivity index is 1.65. The number of anilines is 1. The SMILES string of the molecule is CCOC(=O)C1=C(C)Nc2nc(SCc3ccc(C(=O)O)cc3)nn2[C@H]1c1ccc([N+](=O)[O-])cc1. The molecule has 1 atom stereocenters. The number of aromatic carboxylic acids is 1. The second kappa shape index (κ2) is 9.97. The van der Waals surface area contributed by atoms with Crippen LogP contribution in [0.3, 0.4) is 0 Å². The predicted molar refractivity (Wildman–Crippen MR) is 127 cm³/mol. The van der Waals surface area contributed by atoms with Crippen molar-refractivity contribution >= 4 is 35.3 Å². The van der Waals surface area contributed by atoms with Crippen molar-refractivity contribution in [3.63, 3.8) is 0 Å². The number of hydrogen-bond acceptors (Lipinski definition) is 9. The van der Waals surface area contributed by atoms with Gasteiger partial charge in [0.15, 0.2) is 0 Å². The van der Waals surface area contributed by atoms with Gasteiger partial charge >= 0.3 is 11.9 Å². The molecule has 0 saturated heterocycles. The molecule has 0 radical (unpaired) electrons. The Morgan fingerprint density at radius 3 is 2.49 bits per heavy atom. The molecule has 3 aromatic rings. The smallest absolute Gasteiger partial charge is 0.338 e. The van der Waals surface area contributed by atoms with Crippen LogP contribution >= 0.6 is 11.8 Å². The number of thioether (sulfide) groups is 1. The fourth-order valence-electron chi connectivity index (χ4n) is 3.64. The zero-order chi connectivity index (χ0) is 25.1. The summed E-state index contributed by atoms with van der Waals surface area (Å²) in [6, 6.07) is 11.8. The van der Waals surface area contributed by atoms with E-state index in [9.17, 15) is 19.7 Å². The van der Waals surface area contributed by atoms with Crippen molar-refractivity contribution in [2.75, 3.05) is 11.9 Å². The van der Waals surface area contributed by atoms with Crippen LogP contribution in [-0.4, -0.2) is 43.3 Å². The Hall–Kier alpha value is -4.19. The van der Waals surface area contributed by atoms with Crippen molar-refractivity contribution < 1.29 is 24.4 Å². The molecule has 2 heterocycles. The standard InChI is InChI=1S/C23H21N5O6S/c1-3-34-21(31)18-13(2)24-22-25-23(35-12-14-4-6-16(7-5-14)20(29)30)26-27(22)19(18)15-8-10-17(11-9-15)28(32)33/h4-11,19H,3,12H2,1-2H3,(H,29,30)(H,24,25,26)/t19-/m0/s1. The normalized spacial score (nSPS) is 14.7. The number of nitro groups is 1. The third-order valence-electron chi connectivity index (χ3n) is 5.32. The Kier molecular flexibility index (Phi) is 6.82. The minimum absolute atomic E-state index is 0.0648. The number of carboxylic acid groups (broad SMARTS) is 1. The number of nitrogens with one attached hydrogen (secondary N) is 1. The van der Waals surface area contributed by atoms with E-state index in [1.807, 2.05) is 0 Å². The van der Waals surface area contributed by atoms with Crippen LogP contribution in [0, 0.1) is 10.1 Å². The van der Waals surface area contributed by atoms with Gasteiger partial charge in [0.2, 0.25) is 11.1 Å². The molecule has 4 rings (SSSR count). The van der Waals surface area contributed by atoms with Crippen LogP contribution in [0.4, 0.5) is 11.6 Å². The van der Waals surface area contributed by atoms with E-state index in [1.165, 1.54) is 36.0 Å². The van der Waals surface area contributed by atoms with Gasteiger partial charge in [0.05, 0.1) is 22.7 Å². The van der Waals surface area contributed by atoms with Crippen molar-refractivity contribution in [1.82, 2.24) is 14.8 Å². The fraction of sp³-hybridized carbons (Fsp3) is 0.217. The van der Waals surface area contributed by atoms with Gasteiger partial charge in [0, 0.05) is 23.6 Å². The Labute approximate surface area is 204 Å². The fourth-order valence-corrected chi connectivity index (χ4v) is 4.43. The molecule has 35 heavy (non-hydrogen) atoms. The summed E-state index contributed by atoms with van der Waals surface area (Å²) in [5, 5.41) is 28.3. The molecule has 0 bridgehead atoms. The zero-order valence-corrected chi connectivity index (χ0v) is 19.6. The van der Waals surface area contributed by atoms with E-state index in [1.54, 1.807) is 42.8 Å². The number of nitrogens with zero attached hydrogens (tertiary/aromatic N) is 4. The van der Waals surface area contributed by atoms with Crippen LogP contribution in [-0.2, 0) is 15.3 Å². The summed E-state index contributed by atoms with van der Waals surface area (Å²) in [5.74, 6) is -0.587. The van der Waals surface area contributed by atoms with Crippen molar-refractivity contribution in [3.05, 3.63) is 86.6 Å². The molecule has 0 fully saturated rings. The van der Waals surface area contributed by atoms with E-state index in [4.69, 9.17) is 9.84 Å². The average Bonchev–Trinajstić information content (AvgIpc) is 3.24. The molecule has 0 spiro atoms. The highest BCUT2D eigenvalue weighted by Gasteiger charge is 2.35. The summed E-state index contributed by atoms with van der Waals surface area (Å²) in [5.41, 5.74) is 2.54. The molecule has 0 aliphatic carbocycles. The molecule has 180 valence electrons. The van der Waals surface area contributed by atoms with Gasteiger partial charge < -0.3 is 15.2 Å². The maximum Gasteiger partial charge on any atom is 0.338 e. The van der Waals surface area contributed by atoms with Crippen molar-refractivity contribution in [2.45, 2.75) is 30.8 Å². The second-order valence-electron chi connectivity index (χ2n) is 7.59. The molecule has 12 heteroatoms. The number of carbonyl (C=O) groups excluding carboxylic acids is 1. The number of rotatable bonds is 8. The first-order valence-electron chi connectivity index (χ1n) is 10.6. The van der Waals surface area contributed by atoms with E-state index >= 15 is 0 Å². The number of ether oxygens (including phenoxy) is 1. The van der Waals surface area contributed by atoms with Gasteiger partial charge in [-0.1, -0.05) is 23.9 Å².